The molecule has 0 saturated heterocycles. The topological polar surface area (TPSA) is 21.3 Å². The Morgan fingerprint density at radius 2 is 1.95 bits per heavy atom. The van der Waals surface area contributed by atoms with Crippen molar-refractivity contribution >= 4 is 0 Å². The number of rotatable bonds is 7. The molecule has 0 bridgehead atoms. The fourth-order valence-corrected chi connectivity index (χ4v) is 2.32. The largest absolute Gasteiger partial charge is 0.496 e. The van der Waals surface area contributed by atoms with Crippen molar-refractivity contribution in [2.24, 2.45) is 11.3 Å². The van der Waals surface area contributed by atoms with Crippen LogP contribution in [-0.4, -0.2) is 20.2 Å². The van der Waals surface area contributed by atoms with E-state index in [-0.39, 0.29) is 5.41 Å². The van der Waals surface area contributed by atoms with Gasteiger partial charge in [-0.15, -0.1) is 0 Å². The van der Waals surface area contributed by atoms with E-state index in [1.807, 2.05) is 0 Å². The van der Waals surface area contributed by atoms with Gasteiger partial charge in [0.2, 0.25) is 0 Å². The van der Waals surface area contributed by atoms with E-state index in [4.69, 9.17) is 4.74 Å². The number of ether oxygens (including phenoxy) is 1. The van der Waals surface area contributed by atoms with E-state index in [2.05, 4.69) is 58.1 Å². The average Bonchev–Trinajstić information content (AvgIpc) is 2.27. The van der Waals surface area contributed by atoms with Crippen molar-refractivity contribution in [1.82, 2.24) is 5.32 Å². The summed E-state index contributed by atoms with van der Waals surface area (Å²) in [6.45, 7) is 13.3. The number of methoxy groups -OCH3 is 1. The summed E-state index contributed by atoms with van der Waals surface area (Å²) in [7, 11) is 1.75. The van der Waals surface area contributed by atoms with Crippen molar-refractivity contribution in [3.63, 3.8) is 0 Å². The number of hydrogen-bond acceptors (Lipinski definition) is 2. The molecular weight excluding hydrogens is 234 g/mol. The van der Waals surface area contributed by atoms with Crippen LogP contribution in [0, 0.1) is 18.3 Å². The van der Waals surface area contributed by atoms with Gasteiger partial charge in [-0.05, 0) is 42.9 Å². The molecule has 0 aliphatic heterocycles. The molecule has 0 radical (unpaired) electrons. The first-order chi connectivity index (χ1) is 8.84. The molecule has 0 spiro atoms. The van der Waals surface area contributed by atoms with Gasteiger partial charge in [-0.25, -0.2) is 0 Å². The second kappa shape index (κ2) is 6.95. The monoisotopic (exact) mass is 263 g/mol. The molecule has 0 unspecified atom stereocenters. The van der Waals surface area contributed by atoms with Gasteiger partial charge < -0.3 is 10.1 Å². The number of nitrogens with one attached hydrogen (secondary N) is 1. The maximum absolute atomic E-state index is 5.47. The highest BCUT2D eigenvalue weighted by Gasteiger charge is 2.20. The summed E-state index contributed by atoms with van der Waals surface area (Å²) in [5.74, 6) is 1.70. The smallest absolute Gasteiger partial charge is 0.122 e. The first kappa shape index (κ1) is 16.0. The Kier molecular flexibility index (Phi) is 5.86. The van der Waals surface area contributed by atoms with Gasteiger partial charge in [0.25, 0.3) is 0 Å². The number of benzene rings is 1. The van der Waals surface area contributed by atoms with Gasteiger partial charge in [0, 0.05) is 6.54 Å². The molecule has 0 heterocycles. The van der Waals surface area contributed by atoms with Crippen LogP contribution in [0.25, 0.3) is 0 Å². The highest BCUT2D eigenvalue weighted by Crippen LogP contribution is 2.28. The van der Waals surface area contributed by atoms with Gasteiger partial charge in [-0.3, -0.25) is 0 Å². The number of hydrogen-bond donors (Lipinski definition) is 1. The molecule has 1 rings (SSSR count). The van der Waals surface area contributed by atoms with Crippen LogP contribution in [0.4, 0.5) is 0 Å². The van der Waals surface area contributed by atoms with Gasteiger partial charge in [-0.2, -0.15) is 0 Å². The quantitative estimate of drug-likeness (QED) is 0.807. The predicted molar refractivity (Wildman–Crippen MR) is 82.9 cm³/mol. The van der Waals surface area contributed by atoms with Crippen molar-refractivity contribution in [3.8, 4) is 5.75 Å². The van der Waals surface area contributed by atoms with Crippen LogP contribution in [-0.2, 0) is 6.42 Å². The molecule has 108 valence electrons. The summed E-state index contributed by atoms with van der Waals surface area (Å²) in [5.41, 5.74) is 2.83. The molecule has 19 heavy (non-hydrogen) atoms. The second-order valence-electron chi connectivity index (χ2n) is 6.68. The molecule has 0 amide bonds. The van der Waals surface area contributed by atoms with E-state index in [0.717, 1.165) is 25.3 Å². The predicted octanol–water partition coefficient (Wildman–Crippen LogP) is 3.82. The van der Waals surface area contributed by atoms with Crippen molar-refractivity contribution in [3.05, 3.63) is 29.3 Å². The van der Waals surface area contributed by atoms with Crippen molar-refractivity contribution in [1.29, 1.82) is 0 Å². The van der Waals surface area contributed by atoms with Crippen LogP contribution in [0.2, 0.25) is 0 Å². The average molecular weight is 263 g/mol. The van der Waals surface area contributed by atoms with Crippen LogP contribution in [0.5, 0.6) is 5.75 Å². The van der Waals surface area contributed by atoms with Gasteiger partial charge in [-0.1, -0.05) is 45.4 Å². The van der Waals surface area contributed by atoms with Crippen LogP contribution in [0.15, 0.2) is 18.2 Å². The second-order valence-corrected chi connectivity index (χ2v) is 6.68. The molecule has 1 N–H and O–H groups in total. The summed E-state index contributed by atoms with van der Waals surface area (Å²) in [4.78, 5) is 0. The van der Waals surface area contributed by atoms with Crippen LogP contribution >= 0.6 is 0 Å². The number of aryl methyl sites for hydroxylation is 1. The van der Waals surface area contributed by atoms with E-state index < -0.39 is 0 Å². The fraction of sp³-hybridized carbons (Fsp3) is 0.647. The normalized spacial score (nSPS) is 11.9. The highest BCUT2D eigenvalue weighted by atomic mass is 16.5. The van der Waals surface area contributed by atoms with E-state index in [1.165, 1.54) is 11.1 Å². The molecule has 1 aromatic rings. The van der Waals surface area contributed by atoms with Gasteiger partial charge in [0.05, 0.1) is 7.11 Å². The summed E-state index contributed by atoms with van der Waals surface area (Å²) in [6.07, 6.45) is 1.03. The molecule has 2 heteroatoms. The third kappa shape index (κ3) is 5.65. The molecule has 0 fully saturated rings. The lowest BCUT2D eigenvalue weighted by Gasteiger charge is -2.27. The minimum Gasteiger partial charge on any atom is -0.496 e. The summed E-state index contributed by atoms with van der Waals surface area (Å²) in [6, 6.07) is 6.41. The first-order valence-corrected chi connectivity index (χ1v) is 7.18. The third-order valence-corrected chi connectivity index (χ3v) is 3.26. The summed E-state index contributed by atoms with van der Waals surface area (Å²) < 4.78 is 5.47. The molecule has 0 aliphatic rings. The van der Waals surface area contributed by atoms with E-state index in [9.17, 15) is 0 Å². The molecule has 0 saturated carbocycles. The molecule has 0 atom stereocenters. The minimum atomic E-state index is 0.232. The van der Waals surface area contributed by atoms with Gasteiger partial charge in [0.15, 0.2) is 0 Å². The zero-order valence-corrected chi connectivity index (χ0v) is 13.3. The molecule has 2 nitrogen and oxygen atoms in total. The molecular formula is C17H29NO. The highest BCUT2D eigenvalue weighted by molar-refractivity contribution is 5.37. The lowest BCUT2D eigenvalue weighted by Crippen LogP contribution is -2.33. The van der Waals surface area contributed by atoms with E-state index >= 15 is 0 Å². The van der Waals surface area contributed by atoms with Crippen molar-refractivity contribution in [2.75, 3.05) is 20.2 Å². The SMILES string of the molecule is COc1ccc(C)cc1CC(C)(C)CNCC(C)C. The van der Waals surface area contributed by atoms with Crippen LogP contribution in [0.1, 0.15) is 38.8 Å². The molecule has 1 aromatic carbocycles. The minimum absolute atomic E-state index is 0.232. The summed E-state index contributed by atoms with van der Waals surface area (Å²) >= 11 is 0. The fourth-order valence-electron chi connectivity index (χ4n) is 2.32. The Bertz CT molecular complexity index is 396. The third-order valence-electron chi connectivity index (χ3n) is 3.26. The van der Waals surface area contributed by atoms with Crippen LogP contribution < -0.4 is 10.1 Å². The zero-order valence-electron chi connectivity index (χ0n) is 13.3. The van der Waals surface area contributed by atoms with Gasteiger partial charge >= 0.3 is 0 Å². The van der Waals surface area contributed by atoms with Crippen molar-refractivity contribution < 1.29 is 4.74 Å². The van der Waals surface area contributed by atoms with Gasteiger partial charge in [0.1, 0.15) is 5.75 Å². The molecule has 0 aromatic heterocycles. The molecule has 0 aliphatic carbocycles. The zero-order chi connectivity index (χ0) is 14.5. The Morgan fingerprint density at radius 1 is 1.26 bits per heavy atom. The van der Waals surface area contributed by atoms with E-state index in [1.54, 1.807) is 7.11 Å². The Balaban J connectivity index is 2.68. The Labute approximate surface area is 118 Å². The lowest BCUT2D eigenvalue weighted by molar-refractivity contribution is 0.322. The maximum Gasteiger partial charge on any atom is 0.122 e. The Hall–Kier alpha value is -1.02. The Morgan fingerprint density at radius 3 is 2.53 bits per heavy atom. The van der Waals surface area contributed by atoms with Crippen molar-refractivity contribution in [2.45, 2.75) is 41.0 Å². The lowest BCUT2D eigenvalue weighted by atomic mass is 9.85. The standard InChI is InChI=1S/C17H29NO/c1-13(2)11-18-12-17(4,5)10-15-9-14(3)7-8-16(15)19-6/h7-9,13,18H,10-12H2,1-6H3. The maximum atomic E-state index is 5.47. The summed E-state index contributed by atoms with van der Waals surface area (Å²) in [5, 5.41) is 3.56. The van der Waals surface area contributed by atoms with E-state index in [0.29, 0.717) is 5.92 Å². The first-order valence-electron chi connectivity index (χ1n) is 7.18. The van der Waals surface area contributed by atoms with Crippen LogP contribution in [0.3, 0.4) is 0 Å².